The Morgan fingerprint density at radius 2 is 2.24 bits per heavy atom. The standard InChI is InChI=1S/C13H15FO3/c1-3-10(13(15)16)7-8-17-11-6-4-5-9(2)12(11)14/h4-7H,3,8H2,1-2H3,(H,15,16)/b10-7-. The van der Waals surface area contributed by atoms with Gasteiger partial charge in [0.05, 0.1) is 0 Å². The Hall–Kier alpha value is -1.84. The van der Waals surface area contributed by atoms with Crippen LogP contribution in [0.1, 0.15) is 18.9 Å². The Kier molecular flexibility index (Phi) is 4.69. The Morgan fingerprint density at radius 1 is 1.53 bits per heavy atom. The summed E-state index contributed by atoms with van der Waals surface area (Å²) in [6.07, 6.45) is 1.86. The zero-order chi connectivity index (χ0) is 12.8. The molecule has 0 aromatic heterocycles. The van der Waals surface area contributed by atoms with Gasteiger partial charge in [0.2, 0.25) is 0 Å². The third-order valence-electron chi connectivity index (χ3n) is 2.38. The van der Waals surface area contributed by atoms with Crippen LogP contribution in [0.3, 0.4) is 0 Å². The summed E-state index contributed by atoms with van der Waals surface area (Å²) in [5.41, 5.74) is 0.762. The zero-order valence-corrected chi connectivity index (χ0v) is 9.87. The second kappa shape index (κ2) is 6.03. The summed E-state index contributed by atoms with van der Waals surface area (Å²) in [4.78, 5) is 10.7. The van der Waals surface area contributed by atoms with Gasteiger partial charge in [-0.2, -0.15) is 0 Å². The molecule has 0 atom stereocenters. The Morgan fingerprint density at radius 3 is 2.82 bits per heavy atom. The molecular formula is C13H15FO3. The molecule has 92 valence electrons. The first kappa shape index (κ1) is 13.2. The van der Waals surface area contributed by atoms with E-state index in [1.807, 2.05) is 0 Å². The molecule has 0 amide bonds. The molecule has 0 unspecified atom stereocenters. The van der Waals surface area contributed by atoms with E-state index in [1.54, 1.807) is 26.0 Å². The number of aliphatic carboxylic acids is 1. The normalized spacial score (nSPS) is 11.4. The van der Waals surface area contributed by atoms with Crippen LogP contribution in [-0.2, 0) is 4.79 Å². The fourth-order valence-corrected chi connectivity index (χ4v) is 1.35. The number of halogens is 1. The zero-order valence-electron chi connectivity index (χ0n) is 9.87. The molecule has 1 aromatic rings. The summed E-state index contributed by atoms with van der Waals surface area (Å²) >= 11 is 0. The minimum Gasteiger partial charge on any atom is -0.486 e. The van der Waals surface area contributed by atoms with Crippen LogP contribution in [0.25, 0.3) is 0 Å². The first-order valence-corrected chi connectivity index (χ1v) is 5.36. The highest BCUT2D eigenvalue weighted by Crippen LogP contribution is 2.19. The van der Waals surface area contributed by atoms with Crippen molar-refractivity contribution < 1.29 is 19.0 Å². The first-order valence-electron chi connectivity index (χ1n) is 5.36. The van der Waals surface area contributed by atoms with Gasteiger partial charge < -0.3 is 9.84 Å². The summed E-state index contributed by atoms with van der Waals surface area (Å²) in [6.45, 7) is 3.44. The van der Waals surface area contributed by atoms with E-state index in [1.165, 1.54) is 12.1 Å². The predicted molar refractivity (Wildman–Crippen MR) is 62.6 cm³/mol. The molecule has 0 radical (unpaired) electrons. The molecule has 0 fully saturated rings. The predicted octanol–water partition coefficient (Wildman–Crippen LogP) is 2.93. The van der Waals surface area contributed by atoms with Crippen molar-refractivity contribution in [3.8, 4) is 5.75 Å². The van der Waals surface area contributed by atoms with Gasteiger partial charge in [0, 0.05) is 5.57 Å². The van der Waals surface area contributed by atoms with Crippen molar-refractivity contribution in [3.63, 3.8) is 0 Å². The molecule has 4 heteroatoms. The monoisotopic (exact) mass is 238 g/mol. The van der Waals surface area contributed by atoms with Crippen molar-refractivity contribution in [2.24, 2.45) is 0 Å². The molecule has 0 aliphatic rings. The average molecular weight is 238 g/mol. The number of carbonyl (C=O) groups is 1. The Labute approximate surface area is 99.5 Å². The molecule has 3 nitrogen and oxygen atoms in total. The van der Waals surface area contributed by atoms with Crippen molar-refractivity contribution in [2.45, 2.75) is 20.3 Å². The van der Waals surface area contributed by atoms with Crippen molar-refractivity contribution in [2.75, 3.05) is 6.61 Å². The molecule has 0 aliphatic heterocycles. The minimum atomic E-state index is -0.971. The van der Waals surface area contributed by atoms with Crippen LogP contribution in [0.2, 0.25) is 0 Å². The molecule has 0 heterocycles. The Balaban J connectivity index is 2.68. The molecule has 17 heavy (non-hydrogen) atoms. The van der Waals surface area contributed by atoms with E-state index in [4.69, 9.17) is 9.84 Å². The van der Waals surface area contributed by atoms with Gasteiger partial charge in [-0.05, 0) is 31.1 Å². The molecule has 1 rings (SSSR count). The minimum absolute atomic E-state index is 0.0514. The molecular weight excluding hydrogens is 223 g/mol. The fraction of sp³-hybridized carbons (Fsp3) is 0.308. The Bertz CT molecular complexity index is 438. The third-order valence-corrected chi connectivity index (χ3v) is 2.38. The largest absolute Gasteiger partial charge is 0.486 e. The lowest BCUT2D eigenvalue weighted by Gasteiger charge is -2.06. The van der Waals surface area contributed by atoms with Crippen LogP contribution in [0.15, 0.2) is 29.8 Å². The molecule has 0 aliphatic carbocycles. The molecule has 1 aromatic carbocycles. The SMILES string of the molecule is CC/C(=C/COc1cccc(C)c1F)C(=O)O. The van der Waals surface area contributed by atoms with Crippen molar-refractivity contribution in [1.29, 1.82) is 0 Å². The maximum Gasteiger partial charge on any atom is 0.331 e. The molecule has 0 saturated heterocycles. The molecule has 1 N–H and O–H groups in total. The van der Waals surface area contributed by atoms with Crippen LogP contribution in [-0.4, -0.2) is 17.7 Å². The van der Waals surface area contributed by atoms with Gasteiger partial charge in [-0.25, -0.2) is 9.18 Å². The number of carboxylic acid groups (broad SMARTS) is 1. The maximum atomic E-state index is 13.5. The summed E-state index contributed by atoms with van der Waals surface area (Å²) < 4.78 is 18.7. The van der Waals surface area contributed by atoms with Crippen LogP contribution < -0.4 is 4.74 Å². The van der Waals surface area contributed by atoms with Gasteiger partial charge in [-0.15, -0.1) is 0 Å². The quantitative estimate of drug-likeness (QED) is 0.802. The highest BCUT2D eigenvalue weighted by atomic mass is 19.1. The molecule has 0 bridgehead atoms. The van der Waals surface area contributed by atoms with E-state index in [0.29, 0.717) is 12.0 Å². The number of benzene rings is 1. The van der Waals surface area contributed by atoms with Crippen molar-refractivity contribution in [3.05, 3.63) is 41.2 Å². The number of carboxylic acids is 1. The van der Waals surface area contributed by atoms with E-state index < -0.39 is 11.8 Å². The van der Waals surface area contributed by atoms with Crippen LogP contribution in [0.4, 0.5) is 4.39 Å². The maximum absolute atomic E-state index is 13.5. The summed E-state index contributed by atoms with van der Waals surface area (Å²) in [5, 5.41) is 8.77. The highest BCUT2D eigenvalue weighted by Gasteiger charge is 2.06. The topological polar surface area (TPSA) is 46.5 Å². The fourth-order valence-electron chi connectivity index (χ4n) is 1.35. The highest BCUT2D eigenvalue weighted by molar-refractivity contribution is 5.86. The smallest absolute Gasteiger partial charge is 0.331 e. The van der Waals surface area contributed by atoms with E-state index >= 15 is 0 Å². The first-order chi connectivity index (χ1) is 8.06. The van der Waals surface area contributed by atoms with E-state index in [0.717, 1.165) is 0 Å². The third kappa shape index (κ3) is 3.59. The van der Waals surface area contributed by atoms with E-state index in [2.05, 4.69) is 0 Å². The second-order valence-electron chi connectivity index (χ2n) is 3.59. The van der Waals surface area contributed by atoms with Gasteiger partial charge >= 0.3 is 5.97 Å². The van der Waals surface area contributed by atoms with Gasteiger partial charge in [0.1, 0.15) is 6.61 Å². The van der Waals surface area contributed by atoms with Crippen LogP contribution >= 0.6 is 0 Å². The van der Waals surface area contributed by atoms with E-state index in [-0.39, 0.29) is 17.9 Å². The number of hydrogen-bond acceptors (Lipinski definition) is 2. The summed E-state index contributed by atoms with van der Waals surface area (Å²) in [5.74, 6) is -1.24. The molecule has 0 saturated carbocycles. The lowest BCUT2D eigenvalue weighted by Crippen LogP contribution is -2.03. The lowest BCUT2D eigenvalue weighted by molar-refractivity contribution is -0.132. The number of aryl methyl sites for hydroxylation is 1. The van der Waals surface area contributed by atoms with Gasteiger partial charge in [0.25, 0.3) is 0 Å². The van der Waals surface area contributed by atoms with E-state index in [9.17, 15) is 9.18 Å². The number of hydrogen-bond donors (Lipinski definition) is 1. The summed E-state index contributed by atoms with van der Waals surface area (Å²) in [6, 6.07) is 4.85. The average Bonchev–Trinajstić information content (AvgIpc) is 2.29. The number of ether oxygens (including phenoxy) is 1. The number of rotatable bonds is 5. The van der Waals surface area contributed by atoms with Crippen LogP contribution in [0, 0.1) is 12.7 Å². The lowest BCUT2D eigenvalue weighted by atomic mass is 10.2. The second-order valence-corrected chi connectivity index (χ2v) is 3.59. The van der Waals surface area contributed by atoms with Gasteiger partial charge in [0.15, 0.2) is 11.6 Å². The van der Waals surface area contributed by atoms with Crippen molar-refractivity contribution >= 4 is 5.97 Å². The van der Waals surface area contributed by atoms with Crippen molar-refractivity contribution in [1.82, 2.24) is 0 Å². The van der Waals surface area contributed by atoms with Gasteiger partial charge in [-0.3, -0.25) is 0 Å². The summed E-state index contributed by atoms with van der Waals surface area (Å²) in [7, 11) is 0. The molecule has 0 spiro atoms. The van der Waals surface area contributed by atoms with Gasteiger partial charge in [-0.1, -0.05) is 19.1 Å². The van der Waals surface area contributed by atoms with Crippen LogP contribution in [0.5, 0.6) is 5.75 Å².